The third kappa shape index (κ3) is 61.3. The SMILES string of the molecule is CCCC/C=C\C/C=C\CCCCCCCC(=O)OCCCCCCCCCCCCCCCCCCCCCCCCCCCCCCCCCC(=O)NC(CO)C(O)/C=C/CCCCCCCCCCCCCC. The quantitative estimate of drug-likeness (QED) is 0.0320. The number of hydrogen-bond acceptors (Lipinski definition) is 5. The van der Waals surface area contributed by atoms with Crippen LogP contribution >= 0.6 is 0 Å². The summed E-state index contributed by atoms with van der Waals surface area (Å²) in [4.78, 5) is 24.5. The van der Waals surface area contributed by atoms with Crippen molar-refractivity contribution in [2.75, 3.05) is 13.2 Å². The Hall–Kier alpha value is -1.92. The van der Waals surface area contributed by atoms with Gasteiger partial charge in [-0.1, -0.05) is 339 Å². The molecule has 448 valence electrons. The van der Waals surface area contributed by atoms with Crippen molar-refractivity contribution in [1.82, 2.24) is 5.32 Å². The first-order valence-electron chi connectivity index (χ1n) is 34.3. The van der Waals surface area contributed by atoms with E-state index < -0.39 is 12.1 Å². The van der Waals surface area contributed by atoms with Gasteiger partial charge in [0.25, 0.3) is 0 Å². The summed E-state index contributed by atoms with van der Waals surface area (Å²) in [5, 5.41) is 23.1. The zero-order valence-electron chi connectivity index (χ0n) is 51.3. The Morgan fingerprint density at radius 1 is 0.368 bits per heavy atom. The molecule has 0 rings (SSSR count). The minimum Gasteiger partial charge on any atom is -0.466 e. The number of carbonyl (C=O) groups is 2. The second-order valence-corrected chi connectivity index (χ2v) is 23.5. The van der Waals surface area contributed by atoms with Crippen LogP contribution in [0.2, 0.25) is 0 Å². The number of carbonyl (C=O) groups excluding carboxylic acids is 2. The van der Waals surface area contributed by atoms with Gasteiger partial charge < -0.3 is 20.3 Å². The Bertz CT molecular complexity index is 1230. The molecule has 0 bridgehead atoms. The molecule has 3 N–H and O–H groups in total. The normalized spacial score (nSPS) is 12.7. The van der Waals surface area contributed by atoms with Crippen LogP contribution in [0.15, 0.2) is 36.5 Å². The number of allylic oxidation sites excluding steroid dienone is 5. The van der Waals surface area contributed by atoms with Crippen molar-refractivity contribution in [3.63, 3.8) is 0 Å². The standard InChI is InChI=1S/C70H133NO5/c1-3-5-7-9-11-13-15-17-38-42-46-50-54-58-62-68(73)67(66-72)71-69(74)63-59-55-51-47-43-39-36-34-32-30-28-26-24-22-20-19-21-23-25-27-29-31-33-35-37-41-45-49-53-57-61-65-76-70(75)64-60-56-52-48-44-40-18-16-14-12-10-8-6-4-2/h10,12,16,18,58,62,67-68,72-73H,3-9,11,13-15,17,19-57,59-61,63-66H2,1-2H3,(H,71,74)/b12-10-,18-16-,62-58+. The highest BCUT2D eigenvalue weighted by Gasteiger charge is 2.18. The summed E-state index contributed by atoms with van der Waals surface area (Å²) in [6.07, 6.45) is 83.7. The molecule has 76 heavy (non-hydrogen) atoms. The van der Waals surface area contributed by atoms with Gasteiger partial charge in [-0.25, -0.2) is 0 Å². The lowest BCUT2D eigenvalue weighted by Gasteiger charge is -2.20. The summed E-state index contributed by atoms with van der Waals surface area (Å²) in [5.74, 6) is -0.0564. The van der Waals surface area contributed by atoms with Crippen molar-refractivity contribution >= 4 is 11.9 Å². The number of rotatable bonds is 64. The molecule has 1 amide bonds. The van der Waals surface area contributed by atoms with Crippen molar-refractivity contribution in [1.29, 1.82) is 0 Å². The van der Waals surface area contributed by atoms with Gasteiger partial charge in [0.1, 0.15) is 0 Å². The van der Waals surface area contributed by atoms with E-state index in [9.17, 15) is 19.8 Å². The summed E-state index contributed by atoms with van der Waals surface area (Å²) in [6, 6.07) is -0.624. The van der Waals surface area contributed by atoms with Gasteiger partial charge in [-0.3, -0.25) is 9.59 Å². The molecule has 2 atom stereocenters. The van der Waals surface area contributed by atoms with Gasteiger partial charge in [0.2, 0.25) is 5.91 Å². The van der Waals surface area contributed by atoms with Crippen LogP contribution in [0.4, 0.5) is 0 Å². The summed E-state index contributed by atoms with van der Waals surface area (Å²) >= 11 is 0. The highest BCUT2D eigenvalue weighted by molar-refractivity contribution is 5.76. The van der Waals surface area contributed by atoms with E-state index in [-0.39, 0.29) is 18.5 Å². The van der Waals surface area contributed by atoms with E-state index >= 15 is 0 Å². The fraction of sp³-hybridized carbons (Fsp3) is 0.886. The topological polar surface area (TPSA) is 95.9 Å². The summed E-state index contributed by atoms with van der Waals surface area (Å²) in [6.45, 7) is 4.88. The third-order valence-corrected chi connectivity index (χ3v) is 15.9. The van der Waals surface area contributed by atoms with Gasteiger partial charge in [-0.05, 0) is 57.8 Å². The number of nitrogens with one attached hydrogen (secondary N) is 1. The molecule has 0 aliphatic heterocycles. The van der Waals surface area contributed by atoms with Crippen molar-refractivity contribution < 1.29 is 24.5 Å². The first-order valence-corrected chi connectivity index (χ1v) is 34.3. The number of aliphatic hydroxyl groups excluding tert-OH is 2. The van der Waals surface area contributed by atoms with E-state index in [1.54, 1.807) is 6.08 Å². The number of aliphatic hydroxyl groups is 2. The van der Waals surface area contributed by atoms with Crippen LogP contribution in [0, 0.1) is 0 Å². The van der Waals surface area contributed by atoms with Crippen molar-refractivity contribution in [3.8, 4) is 0 Å². The van der Waals surface area contributed by atoms with Crippen molar-refractivity contribution in [2.45, 2.75) is 386 Å². The van der Waals surface area contributed by atoms with Gasteiger partial charge in [0.05, 0.1) is 25.4 Å². The lowest BCUT2D eigenvalue weighted by Crippen LogP contribution is -2.45. The molecule has 0 saturated heterocycles. The molecule has 0 aliphatic carbocycles. The Kier molecular flexibility index (Phi) is 63.9. The zero-order chi connectivity index (χ0) is 55.0. The molecule has 0 saturated carbocycles. The van der Waals surface area contributed by atoms with Gasteiger partial charge in [-0.15, -0.1) is 0 Å². The van der Waals surface area contributed by atoms with E-state index in [4.69, 9.17) is 4.74 Å². The molecule has 2 unspecified atom stereocenters. The van der Waals surface area contributed by atoms with Crippen LogP contribution in [0.5, 0.6) is 0 Å². The average molecular weight is 1070 g/mol. The molecule has 0 fully saturated rings. The van der Waals surface area contributed by atoms with E-state index in [1.807, 2.05) is 6.08 Å². The van der Waals surface area contributed by atoms with Crippen LogP contribution in [0.25, 0.3) is 0 Å². The Morgan fingerprint density at radius 3 is 1.04 bits per heavy atom. The minimum atomic E-state index is -0.841. The molecule has 6 nitrogen and oxygen atoms in total. The molecule has 0 radical (unpaired) electrons. The van der Waals surface area contributed by atoms with Crippen LogP contribution in [-0.4, -0.2) is 47.4 Å². The van der Waals surface area contributed by atoms with Crippen molar-refractivity contribution in [3.05, 3.63) is 36.5 Å². The molecule has 6 heteroatoms. The molecule has 0 aromatic carbocycles. The molecule has 0 aromatic heterocycles. The van der Waals surface area contributed by atoms with E-state index in [2.05, 4.69) is 43.5 Å². The monoisotopic (exact) mass is 1070 g/mol. The Labute approximate surface area is 474 Å². The van der Waals surface area contributed by atoms with Gasteiger partial charge in [0.15, 0.2) is 0 Å². The fourth-order valence-electron chi connectivity index (χ4n) is 10.7. The second-order valence-electron chi connectivity index (χ2n) is 23.5. The van der Waals surface area contributed by atoms with Gasteiger partial charge in [0, 0.05) is 12.8 Å². The number of amides is 1. The Balaban J connectivity index is 3.34. The predicted molar refractivity (Wildman–Crippen MR) is 333 cm³/mol. The first-order chi connectivity index (χ1) is 37.5. The Morgan fingerprint density at radius 2 is 0.671 bits per heavy atom. The average Bonchev–Trinajstić information content (AvgIpc) is 3.42. The summed E-state index contributed by atoms with van der Waals surface area (Å²) in [7, 11) is 0. The lowest BCUT2D eigenvalue weighted by molar-refractivity contribution is -0.143. The predicted octanol–water partition coefficient (Wildman–Crippen LogP) is 21.9. The maximum Gasteiger partial charge on any atom is 0.305 e. The summed E-state index contributed by atoms with van der Waals surface area (Å²) < 4.78 is 5.48. The minimum absolute atomic E-state index is 0.00584. The molecule has 0 aliphatic rings. The maximum absolute atomic E-state index is 12.5. The van der Waals surface area contributed by atoms with Crippen LogP contribution < -0.4 is 5.32 Å². The maximum atomic E-state index is 12.5. The molecule has 0 aromatic rings. The fourth-order valence-corrected chi connectivity index (χ4v) is 10.7. The summed E-state index contributed by atoms with van der Waals surface area (Å²) in [5.41, 5.74) is 0. The number of ether oxygens (including phenoxy) is 1. The van der Waals surface area contributed by atoms with E-state index in [1.165, 1.54) is 295 Å². The second kappa shape index (κ2) is 65.6. The molecular formula is C70H133NO5. The highest BCUT2D eigenvalue weighted by Crippen LogP contribution is 2.18. The number of esters is 1. The van der Waals surface area contributed by atoms with Crippen LogP contribution in [0.1, 0.15) is 373 Å². The lowest BCUT2D eigenvalue weighted by atomic mass is 10.0. The van der Waals surface area contributed by atoms with Gasteiger partial charge in [-0.2, -0.15) is 0 Å². The molecular weight excluding hydrogens is 935 g/mol. The largest absolute Gasteiger partial charge is 0.466 e. The molecule has 0 spiro atoms. The smallest absolute Gasteiger partial charge is 0.305 e. The van der Waals surface area contributed by atoms with Crippen LogP contribution in [-0.2, 0) is 14.3 Å². The van der Waals surface area contributed by atoms with E-state index in [0.717, 1.165) is 51.4 Å². The van der Waals surface area contributed by atoms with Gasteiger partial charge >= 0.3 is 5.97 Å². The first kappa shape index (κ1) is 74.1. The zero-order valence-corrected chi connectivity index (χ0v) is 51.3. The molecule has 0 heterocycles. The highest BCUT2D eigenvalue weighted by atomic mass is 16.5. The third-order valence-electron chi connectivity index (χ3n) is 15.9. The van der Waals surface area contributed by atoms with Crippen molar-refractivity contribution in [2.24, 2.45) is 0 Å². The number of unbranched alkanes of at least 4 members (excludes halogenated alkanes) is 49. The van der Waals surface area contributed by atoms with E-state index in [0.29, 0.717) is 19.4 Å². The number of hydrogen-bond donors (Lipinski definition) is 3. The van der Waals surface area contributed by atoms with Crippen LogP contribution in [0.3, 0.4) is 0 Å².